The Morgan fingerprint density at radius 2 is 1.75 bits per heavy atom. The molecule has 1 aliphatic carbocycles. The number of benzene rings is 1. The third-order valence-electron chi connectivity index (χ3n) is 5.48. The molecule has 1 aromatic carbocycles. The number of hydrogen-bond donors (Lipinski definition) is 2. The van der Waals surface area contributed by atoms with Crippen LogP contribution in [-0.4, -0.2) is 40.9 Å². The highest BCUT2D eigenvalue weighted by Gasteiger charge is 2.30. The Kier molecular flexibility index (Phi) is 9.43. The van der Waals surface area contributed by atoms with Crippen LogP contribution >= 0.6 is 11.6 Å². The molecule has 0 aliphatic heterocycles. The molecular formula is C22H30ClN3O6. The molecule has 0 radical (unpaired) electrons. The summed E-state index contributed by atoms with van der Waals surface area (Å²) in [6, 6.07) is 2.50. The van der Waals surface area contributed by atoms with E-state index in [1.807, 2.05) is 0 Å². The van der Waals surface area contributed by atoms with Crippen LogP contribution in [0.3, 0.4) is 0 Å². The van der Waals surface area contributed by atoms with Gasteiger partial charge in [-0.2, -0.15) is 0 Å². The molecular weight excluding hydrogens is 438 g/mol. The summed E-state index contributed by atoms with van der Waals surface area (Å²) in [5.74, 6) is -2.11. The fraction of sp³-hybridized carbons (Fsp3) is 0.591. The molecule has 0 bridgehead atoms. The van der Waals surface area contributed by atoms with Crippen molar-refractivity contribution in [1.29, 1.82) is 0 Å². The Labute approximate surface area is 192 Å². The van der Waals surface area contributed by atoms with Gasteiger partial charge < -0.3 is 15.4 Å². The summed E-state index contributed by atoms with van der Waals surface area (Å²) in [6.45, 7) is 4.94. The molecule has 2 atom stereocenters. The van der Waals surface area contributed by atoms with E-state index >= 15 is 0 Å². The lowest BCUT2D eigenvalue weighted by atomic mass is 10.0. The zero-order chi connectivity index (χ0) is 23.8. The van der Waals surface area contributed by atoms with Crippen LogP contribution in [0, 0.1) is 16.0 Å². The van der Waals surface area contributed by atoms with Crippen LogP contribution in [0.25, 0.3) is 0 Å². The van der Waals surface area contributed by atoms with Crippen molar-refractivity contribution in [3.8, 4) is 0 Å². The number of rotatable bonds is 8. The van der Waals surface area contributed by atoms with Crippen LogP contribution < -0.4 is 10.6 Å². The van der Waals surface area contributed by atoms with Gasteiger partial charge in [-0.25, -0.2) is 4.79 Å². The van der Waals surface area contributed by atoms with Crippen molar-refractivity contribution < 1.29 is 24.0 Å². The number of halogens is 1. The zero-order valence-corrected chi connectivity index (χ0v) is 19.3. The predicted octanol–water partition coefficient (Wildman–Crippen LogP) is 3.77. The Hall–Kier alpha value is -2.68. The summed E-state index contributed by atoms with van der Waals surface area (Å²) >= 11 is 6.01. The molecule has 176 valence electrons. The average molecular weight is 468 g/mol. The molecule has 2 rings (SSSR count). The third kappa shape index (κ3) is 7.19. The van der Waals surface area contributed by atoms with Crippen molar-refractivity contribution in [3.05, 3.63) is 38.9 Å². The van der Waals surface area contributed by atoms with Crippen molar-refractivity contribution in [2.75, 3.05) is 0 Å². The standard InChI is InChI=1S/C22H30ClN3O6/c1-13(2)19(25-21(28)17-11-10-16(26(30)31)12-18(17)23)22(29)32-14(3)20(27)24-15-8-6-4-5-7-9-15/h10-15,19H,4-9H2,1-3H3,(H,24,27)(H,25,28)/t14-,19-/m1/s1. The van der Waals surface area contributed by atoms with E-state index in [0.717, 1.165) is 50.7 Å². The van der Waals surface area contributed by atoms with Gasteiger partial charge in [0.1, 0.15) is 6.04 Å². The normalized spacial score (nSPS) is 16.5. The van der Waals surface area contributed by atoms with E-state index < -0.39 is 28.9 Å². The van der Waals surface area contributed by atoms with E-state index in [9.17, 15) is 24.5 Å². The minimum Gasteiger partial charge on any atom is -0.451 e. The van der Waals surface area contributed by atoms with Crippen LogP contribution in [0.2, 0.25) is 5.02 Å². The van der Waals surface area contributed by atoms with Gasteiger partial charge in [0.15, 0.2) is 6.10 Å². The highest BCUT2D eigenvalue weighted by Crippen LogP contribution is 2.23. The lowest BCUT2D eigenvalue weighted by Gasteiger charge is -2.24. The van der Waals surface area contributed by atoms with Crippen molar-refractivity contribution in [1.82, 2.24) is 10.6 Å². The van der Waals surface area contributed by atoms with Crippen molar-refractivity contribution in [2.45, 2.75) is 77.5 Å². The Balaban J connectivity index is 2.00. The van der Waals surface area contributed by atoms with Crippen LogP contribution in [0.4, 0.5) is 5.69 Å². The lowest BCUT2D eigenvalue weighted by Crippen LogP contribution is -2.48. The first-order valence-electron chi connectivity index (χ1n) is 10.9. The topological polar surface area (TPSA) is 128 Å². The van der Waals surface area contributed by atoms with Gasteiger partial charge in [-0.3, -0.25) is 19.7 Å². The van der Waals surface area contributed by atoms with E-state index in [-0.39, 0.29) is 34.1 Å². The summed E-state index contributed by atoms with van der Waals surface area (Å²) in [6.07, 6.45) is 5.25. The van der Waals surface area contributed by atoms with E-state index in [2.05, 4.69) is 10.6 Å². The molecule has 0 saturated heterocycles. The first kappa shape index (κ1) is 25.6. The molecule has 1 fully saturated rings. The summed E-state index contributed by atoms with van der Waals surface area (Å²) in [4.78, 5) is 48.0. The maximum Gasteiger partial charge on any atom is 0.329 e. The smallest absolute Gasteiger partial charge is 0.329 e. The summed E-state index contributed by atoms with van der Waals surface area (Å²) in [5.41, 5.74) is -0.255. The number of amides is 2. The molecule has 9 nitrogen and oxygen atoms in total. The highest BCUT2D eigenvalue weighted by molar-refractivity contribution is 6.34. The third-order valence-corrected chi connectivity index (χ3v) is 5.79. The molecule has 1 aromatic rings. The number of carbonyl (C=O) groups is 3. The van der Waals surface area contributed by atoms with Crippen LogP contribution in [0.1, 0.15) is 69.7 Å². The monoisotopic (exact) mass is 467 g/mol. The number of nitro benzene ring substituents is 1. The minimum atomic E-state index is -1.03. The van der Waals surface area contributed by atoms with Crippen LogP contribution in [0.5, 0.6) is 0 Å². The van der Waals surface area contributed by atoms with Crippen molar-refractivity contribution >= 4 is 35.1 Å². The number of ether oxygens (including phenoxy) is 1. The second-order valence-corrected chi connectivity index (χ2v) is 8.80. The van der Waals surface area contributed by atoms with Gasteiger partial charge in [0.05, 0.1) is 15.5 Å². The van der Waals surface area contributed by atoms with E-state index in [0.29, 0.717) is 0 Å². The number of non-ortho nitro benzene ring substituents is 1. The van der Waals surface area contributed by atoms with Crippen LogP contribution in [0.15, 0.2) is 18.2 Å². The second-order valence-electron chi connectivity index (χ2n) is 8.39. The number of nitrogens with one attached hydrogen (secondary N) is 2. The molecule has 1 saturated carbocycles. The van der Waals surface area contributed by atoms with Gasteiger partial charge in [0, 0.05) is 18.2 Å². The highest BCUT2D eigenvalue weighted by atomic mass is 35.5. The maximum atomic E-state index is 12.7. The number of hydrogen-bond acceptors (Lipinski definition) is 6. The molecule has 0 unspecified atom stereocenters. The van der Waals surface area contributed by atoms with Gasteiger partial charge in [0.25, 0.3) is 17.5 Å². The molecule has 0 heterocycles. The fourth-order valence-corrected chi connectivity index (χ4v) is 3.82. The first-order chi connectivity index (χ1) is 15.1. The Morgan fingerprint density at radius 3 is 2.28 bits per heavy atom. The molecule has 0 aromatic heterocycles. The minimum absolute atomic E-state index is 0.00475. The molecule has 2 amide bonds. The number of nitro groups is 1. The Morgan fingerprint density at radius 1 is 1.12 bits per heavy atom. The average Bonchev–Trinajstić information content (AvgIpc) is 2.99. The van der Waals surface area contributed by atoms with Gasteiger partial charge >= 0.3 is 5.97 Å². The number of nitrogens with zero attached hydrogens (tertiary/aromatic N) is 1. The molecule has 1 aliphatic rings. The Bertz CT molecular complexity index is 852. The fourth-order valence-electron chi connectivity index (χ4n) is 3.56. The quantitative estimate of drug-likeness (QED) is 0.259. The molecule has 32 heavy (non-hydrogen) atoms. The van der Waals surface area contributed by atoms with Gasteiger partial charge in [-0.15, -0.1) is 0 Å². The zero-order valence-electron chi connectivity index (χ0n) is 18.6. The van der Waals surface area contributed by atoms with Gasteiger partial charge in [-0.1, -0.05) is 51.1 Å². The van der Waals surface area contributed by atoms with Crippen molar-refractivity contribution in [3.63, 3.8) is 0 Å². The lowest BCUT2D eigenvalue weighted by molar-refractivity contribution is -0.384. The summed E-state index contributed by atoms with van der Waals surface area (Å²) in [5, 5.41) is 16.2. The number of carbonyl (C=O) groups excluding carboxylic acids is 3. The maximum absolute atomic E-state index is 12.7. The second kappa shape index (κ2) is 11.8. The van der Waals surface area contributed by atoms with Crippen LogP contribution in [-0.2, 0) is 14.3 Å². The molecule has 0 spiro atoms. The molecule has 2 N–H and O–H groups in total. The van der Waals surface area contributed by atoms with E-state index in [1.54, 1.807) is 13.8 Å². The van der Waals surface area contributed by atoms with Gasteiger partial charge in [0.2, 0.25) is 0 Å². The number of esters is 1. The van der Waals surface area contributed by atoms with Crippen molar-refractivity contribution in [2.24, 2.45) is 5.92 Å². The predicted molar refractivity (Wildman–Crippen MR) is 119 cm³/mol. The molecule has 10 heteroatoms. The largest absolute Gasteiger partial charge is 0.451 e. The first-order valence-corrected chi connectivity index (χ1v) is 11.2. The summed E-state index contributed by atoms with van der Waals surface area (Å²) in [7, 11) is 0. The van der Waals surface area contributed by atoms with E-state index in [4.69, 9.17) is 16.3 Å². The SMILES string of the molecule is CC(C)[C@@H](NC(=O)c1ccc([N+](=O)[O-])cc1Cl)C(=O)O[C@H](C)C(=O)NC1CCCCCC1. The van der Waals surface area contributed by atoms with Gasteiger partial charge in [-0.05, 0) is 31.7 Å². The summed E-state index contributed by atoms with van der Waals surface area (Å²) < 4.78 is 5.34. The van der Waals surface area contributed by atoms with E-state index in [1.165, 1.54) is 13.0 Å².